The number of hydrogen-bond donors (Lipinski definition) is 2. The molecule has 0 aliphatic heterocycles. The summed E-state index contributed by atoms with van der Waals surface area (Å²) in [5, 5.41) is 2.98. The van der Waals surface area contributed by atoms with Crippen molar-refractivity contribution in [3.05, 3.63) is 29.8 Å². The highest BCUT2D eigenvalue weighted by atomic mass is 16.2. The number of anilines is 1. The van der Waals surface area contributed by atoms with Crippen LogP contribution in [-0.4, -0.2) is 36.0 Å². The molecule has 0 aromatic heterocycles. The molecule has 1 aromatic rings. The molecular weight excluding hydrogens is 262 g/mol. The Labute approximate surface area is 127 Å². The Bertz CT molecular complexity index is 463. The van der Waals surface area contributed by atoms with Gasteiger partial charge in [0.15, 0.2) is 0 Å². The maximum Gasteiger partial charge on any atom is 0.238 e. The summed E-state index contributed by atoms with van der Waals surface area (Å²) in [4.78, 5) is 14.5. The fraction of sp³-hybridized carbons (Fsp3) is 0.588. The van der Waals surface area contributed by atoms with Crippen molar-refractivity contribution in [2.24, 2.45) is 5.73 Å². The van der Waals surface area contributed by atoms with Crippen molar-refractivity contribution >= 4 is 11.6 Å². The molecule has 21 heavy (non-hydrogen) atoms. The Balaban J connectivity index is 1.97. The molecule has 2 rings (SSSR count). The van der Waals surface area contributed by atoms with E-state index in [1.165, 1.54) is 18.4 Å². The summed E-state index contributed by atoms with van der Waals surface area (Å²) in [6.45, 7) is 6.06. The number of nitrogens with zero attached hydrogens (tertiary/aromatic N) is 1. The Morgan fingerprint density at radius 2 is 1.90 bits per heavy atom. The summed E-state index contributed by atoms with van der Waals surface area (Å²) >= 11 is 0. The third-order valence-corrected chi connectivity index (χ3v) is 4.64. The Hall–Kier alpha value is -1.39. The van der Waals surface area contributed by atoms with Gasteiger partial charge in [-0.05, 0) is 38.4 Å². The van der Waals surface area contributed by atoms with Crippen LogP contribution in [0.15, 0.2) is 24.3 Å². The lowest BCUT2D eigenvalue weighted by Crippen LogP contribution is -2.54. The molecule has 4 heteroatoms. The Morgan fingerprint density at radius 1 is 1.29 bits per heavy atom. The highest BCUT2D eigenvalue weighted by molar-refractivity contribution is 5.92. The van der Waals surface area contributed by atoms with E-state index in [4.69, 9.17) is 5.73 Å². The number of hydrogen-bond acceptors (Lipinski definition) is 3. The van der Waals surface area contributed by atoms with Crippen molar-refractivity contribution in [1.29, 1.82) is 0 Å². The van der Waals surface area contributed by atoms with E-state index in [1.54, 1.807) is 0 Å². The van der Waals surface area contributed by atoms with Gasteiger partial charge in [-0.25, -0.2) is 0 Å². The molecule has 0 saturated heterocycles. The fourth-order valence-electron chi connectivity index (χ4n) is 3.31. The summed E-state index contributed by atoms with van der Waals surface area (Å²) in [6, 6.07) is 7.90. The molecule has 1 aliphatic rings. The van der Waals surface area contributed by atoms with Crippen LogP contribution in [0.1, 0.15) is 38.2 Å². The van der Waals surface area contributed by atoms with Crippen molar-refractivity contribution in [3.8, 4) is 0 Å². The van der Waals surface area contributed by atoms with Crippen molar-refractivity contribution in [2.45, 2.75) is 45.1 Å². The summed E-state index contributed by atoms with van der Waals surface area (Å²) in [7, 11) is 0. The van der Waals surface area contributed by atoms with Gasteiger partial charge in [0.2, 0.25) is 5.91 Å². The van der Waals surface area contributed by atoms with Gasteiger partial charge in [-0.2, -0.15) is 0 Å². The molecule has 1 aromatic carbocycles. The first-order valence-corrected chi connectivity index (χ1v) is 7.91. The van der Waals surface area contributed by atoms with Crippen LogP contribution in [0.2, 0.25) is 0 Å². The molecule has 0 unspecified atom stereocenters. The largest absolute Gasteiger partial charge is 0.329 e. The van der Waals surface area contributed by atoms with Crippen LogP contribution < -0.4 is 11.1 Å². The maximum atomic E-state index is 12.3. The van der Waals surface area contributed by atoms with E-state index in [1.807, 2.05) is 31.2 Å². The van der Waals surface area contributed by atoms with Crippen LogP contribution in [0, 0.1) is 6.92 Å². The minimum Gasteiger partial charge on any atom is -0.329 e. The number of amides is 1. The molecule has 1 fully saturated rings. The zero-order valence-electron chi connectivity index (χ0n) is 13.2. The van der Waals surface area contributed by atoms with Gasteiger partial charge in [0, 0.05) is 17.8 Å². The van der Waals surface area contributed by atoms with E-state index < -0.39 is 0 Å². The summed E-state index contributed by atoms with van der Waals surface area (Å²) in [5.41, 5.74) is 8.09. The van der Waals surface area contributed by atoms with E-state index in [2.05, 4.69) is 17.1 Å². The molecule has 0 bridgehead atoms. The molecule has 116 valence electrons. The van der Waals surface area contributed by atoms with E-state index in [9.17, 15) is 4.79 Å². The molecule has 1 saturated carbocycles. The van der Waals surface area contributed by atoms with Crippen LogP contribution in [0.5, 0.6) is 0 Å². The van der Waals surface area contributed by atoms with Crippen LogP contribution in [0.3, 0.4) is 0 Å². The highest BCUT2D eigenvalue weighted by Gasteiger charge is 2.38. The maximum absolute atomic E-state index is 12.3. The number of nitrogens with one attached hydrogen (secondary N) is 1. The Kier molecular flexibility index (Phi) is 5.37. The normalized spacial score (nSPS) is 17.1. The molecule has 3 N–H and O–H groups in total. The number of rotatable bonds is 6. The van der Waals surface area contributed by atoms with Crippen LogP contribution >= 0.6 is 0 Å². The fourth-order valence-corrected chi connectivity index (χ4v) is 3.31. The summed E-state index contributed by atoms with van der Waals surface area (Å²) in [6.07, 6.45) is 4.64. The van der Waals surface area contributed by atoms with Gasteiger partial charge in [-0.15, -0.1) is 0 Å². The van der Waals surface area contributed by atoms with Crippen molar-refractivity contribution in [1.82, 2.24) is 4.90 Å². The first-order chi connectivity index (χ1) is 10.1. The second-order valence-electron chi connectivity index (χ2n) is 6.06. The zero-order chi connectivity index (χ0) is 15.3. The molecule has 1 amide bonds. The number of nitrogens with two attached hydrogens (primary N) is 1. The minimum atomic E-state index is 0.0271. The van der Waals surface area contributed by atoms with E-state index in [0.29, 0.717) is 13.1 Å². The second-order valence-corrected chi connectivity index (χ2v) is 6.06. The molecule has 0 spiro atoms. The lowest BCUT2D eigenvalue weighted by molar-refractivity contribution is -0.118. The summed E-state index contributed by atoms with van der Waals surface area (Å²) < 4.78 is 0. The van der Waals surface area contributed by atoms with E-state index in [-0.39, 0.29) is 11.4 Å². The second kappa shape index (κ2) is 7.05. The molecule has 0 radical (unpaired) electrons. The van der Waals surface area contributed by atoms with Crippen molar-refractivity contribution < 1.29 is 4.79 Å². The molecule has 4 nitrogen and oxygen atoms in total. The minimum absolute atomic E-state index is 0.0271. The Morgan fingerprint density at radius 3 is 2.43 bits per heavy atom. The van der Waals surface area contributed by atoms with Crippen LogP contribution in [-0.2, 0) is 4.79 Å². The number of likely N-dealkylation sites (N-methyl/N-ethyl adjacent to an activating group) is 1. The number of benzene rings is 1. The lowest BCUT2D eigenvalue weighted by Gasteiger charge is -2.39. The lowest BCUT2D eigenvalue weighted by atomic mass is 9.95. The smallest absolute Gasteiger partial charge is 0.238 e. The first kappa shape index (κ1) is 16.0. The average molecular weight is 289 g/mol. The monoisotopic (exact) mass is 289 g/mol. The number of carbonyl (C=O) groups is 1. The number of carbonyl (C=O) groups excluding carboxylic acids is 1. The third kappa shape index (κ3) is 3.83. The number of aryl methyl sites for hydroxylation is 1. The molecule has 0 atom stereocenters. The average Bonchev–Trinajstić information content (AvgIpc) is 2.97. The quantitative estimate of drug-likeness (QED) is 0.846. The van der Waals surface area contributed by atoms with Gasteiger partial charge in [0.25, 0.3) is 0 Å². The first-order valence-electron chi connectivity index (χ1n) is 7.91. The standard InChI is InChI=1S/C17H27N3O/c1-3-20(17(13-18)10-4-5-11-17)12-16(21)19-15-8-6-14(2)7-9-15/h6-9H,3-5,10-13,18H2,1-2H3,(H,19,21). The zero-order valence-corrected chi connectivity index (χ0v) is 13.2. The topological polar surface area (TPSA) is 58.4 Å². The molecular formula is C17H27N3O. The highest BCUT2D eigenvalue weighted by Crippen LogP contribution is 2.34. The van der Waals surface area contributed by atoms with Crippen molar-refractivity contribution in [2.75, 3.05) is 25.0 Å². The van der Waals surface area contributed by atoms with Gasteiger partial charge in [-0.3, -0.25) is 9.69 Å². The SMILES string of the molecule is CCN(CC(=O)Nc1ccc(C)cc1)C1(CN)CCCC1. The third-order valence-electron chi connectivity index (χ3n) is 4.64. The van der Waals surface area contributed by atoms with Crippen LogP contribution in [0.25, 0.3) is 0 Å². The van der Waals surface area contributed by atoms with E-state index >= 15 is 0 Å². The summed E-state index contributed by atoms with van der Waals surface area (Å²) in [5.74, 6) is 0.0421. The van der Waals surface area contributed by atoms with Crippen LogP contribution in [0.4, 0.5) is 5.69 Å². The predicted molar refractivity (Wildman–Crippen MR) is 87.3 cm³/mol. The van der Waals surface area contributed by atoms with Crippen molar-refractivity contribution in [3.63, 3.8) is 0 Å². The van der Waals surface area contributed by atoms with Gasteiger partial charge < -0.3 is 11.1 Å². The van der Waals surface area contributed by atoms with Gasteiger partial charge in [0.05, 0.1) is 6.54 Å². The molecule has 1 aliphatic carbocycles. The van der Waals surface area contributed by atoms with Gasteiger partial charge >= 0.3 is 0 Å². The van der Waals surface area contributed by atoms with Gasteiger partial charge in [0.1, 0.15) is 0 Å². The van der Waals surface area contributed by atoms with Gasteiger partial charge in [-0.1, -0.05) is 37.5 Å². The molecule has 0 heterocycles. The predicted octanol–water partition coefficient (Wildman–Crippen LogP) is 2.53. The van der Waals surface area contributed by atoms with E-state index in [0.717, 1.165) is 25.1 Å².